The highest BCUT2D eigenvalue weighted by molar-refractivity contribution is 8.13. The predicted octanol–water partition coefficient (Wildman–Crippen LogP) is 4.47. The normalized spacial score (nSPS) is 11.2. The summed E-state index contributed by atoms with van der Waals surface area (Å²) in [5.74, 6) is -0.281. The first-order valence-corrected chi connectivity index (χ1v) is 9.61. The third kappa shape index (κ3) is 4.27. The van der Waals surface area contributed by atoms with Crippen LogP contribution in [0.3, 0.4) is 0 Å². The molecule has 0 aliphatic rings. The molecule has 2 aromatic heterocycles. The molecule has 0 saturated carbocycles. The lowest BCUT2D eigenvalue weighted by atomic mass is 10.3. The molecule has 3 aromatic rings. The maximum atomic E-state index is 12.1. The monoisotopic (exact) mass is 406 g/mol. The lowest BCUT2D eigenvalue weighted by molar-refractivity contribution is -0.111. The summed E-state index contributed by atoms with van der Waals surface area (Å²) < 4.78 is 1.82. The average molecular weight is 407 g/mol. The van der Waals surface area contributed by atoms with Crippen LogP contribution >= 0.6 is 34.7 Å². The lowest BCUT2D eigenvalue weighted by Crippen LogP contribution is -2.16. The van der Waals surface area contributed by atoms with Gasteiger partial charge in [0, 0.05) is 42.3 Å². The molecule has 1 aromatic carbocycles. The maximum absolute atomic E-state index is 12.1. The third-order valence-electron chi connectivity index (χ3n) is 3.34. The van der Waals surface area contributed by atoms with Gasteiger partial charge in [-0.3, -0.25) is 14.0 Å². The van der Waals surface area contributed by atoms with E-state index in [9.17, 15) is 9.59 Å². The number of anilines is 1. The minimum absolute atomic E-state index is 0.0536. The summed E-state index contributed by atoms with van der Waals surface area (Å²) in [6, 6.07) is 7.07. The molecule has 0 radical (unpaired) electrons. The Balaban J connectivity index is 1.64. The molecule has 0 bridgehead atoms. The van der Waals surface area contributed by atoms with E-state index in [1.165, 1.54) is 22.3 Å². The molecule has 9 heteroatoms. The average Bonchev–Trinajstić information content (AvgIpc) is 3.15. The maximum Gasteiger partial charge on any atom is 0.285 e. The summed E-state index contributed by atoms with van der Waals surface area (Å²) in [6.45, 7) is 0. The minimum atomic E-state index is -0.281. The Labute approximate surface area is 163 Å². The fourth-order valence-corrected chi connectivity index (χ4v) is 3.72. The van der Waals surface area contributed by atoms with E-state index < -0.39 is 0 Å². The van der Waals surface area contributed by atoms with Crippen molar-refractivity contribution in [3.63, 3.8) is 0 Å². The first kappa shape index (κ1) is 18.5. The summed E-state index contributed by atoms with van der Waals surface area (Å²) >= 11 is 8.69. The number of nitrogens with zero attached hydrogens (tertiary/aromatic N) is 3. The van der Waals surface area contributed by atoms with Crippen molar-refractivity contribution in [3.8, 4) is 0 Å². The number of aromatic nitrogens is 2. The second-order valence-corrected chi connectivity index (χ2v) is 7.71. The molecule has 0 atom stereocenters. The van der Waals surface area contributed by atoms with E-state index >= 15 is 0 Å². The van der Waals surface area contributed by atoms with Gasteiger partial charge in [0.05, 0.1) is 5.69 Å². The molecule has 134 valence electrons. The van der Waals surface area contributed by atoms with E-state index in [-0.39, 0.29) is 11.1 Å². The first-order chi connectivity index (χ1) is 12.4. The second kappa shape index (κ2) is 7.94. The zero-order chi connectivity index (χ0) is 18.7. The fraction of sp³-hybridized carbons (Fsp3) is 0.118. The number of carbonyl (C=O) groups is 2. The second-order valence-electron chi connectivity index (χ2n) is 5.45. The Morgan fingerprint density at radius 3 is 2.73 bits per heavy atom. The zero-order valence-corrected chi connectivity index (χ0v) is 16.4. The number of fused-ring (bicyclic) bond motifs is 1. The number of thiazole rings is 1. The Morgan fingerprint density at radius 2 is 2.04 bits per heavy atom. The number of imidazole rings is 1. The molecule has 0 saturated heterocycles. The molecular weight excluding hydrogens is 392 g/mol. The molecule has 2 amide bonds. The number of benzene rings is 1. The van der Waals surface area contributed by atoms with Crippen LogP contribution in [0, 0.1) is 0 Å². The van der Waals surface area contributed by atoms with Gasteiger partial charge in [0.2, 0.25) is 5.91 Å². The van der Waals surface area contributed by atoms with Crippen molar-refractivity contribution in [2.75, 3.05) is 19.4 Å². The van der Waals surface area contributed by atoms with Crippen molar-refractivity contribution < 1.29 is 9.59 Å². The van der Waals surface area contributed by atoms with Crippen molar-refractivity contribution >= 4 is 62.6 Å². The van der Waals surface area contributed by atoms with Crippen LogP contribution in [0.1, 0.15) is 5.69 Å². The van der Waals surface area contributed by atoms with E-state index in [1.807, 2.05) is 16.0 Å². The van der Waals surface area contributed by atoms with Crippen LogP contribution in [0.4, 0.5) is 10.5 Å². The van der Waals surface area contributed by atoms with Crippen LogP contribution in [0.15, 0.2) is 46.8 Å². The summed E-state index contributed by atoms with van der Waals surface area (Å²) in [5, 5.41) is 4.97. The molecule has 3 rings (SSSR count). The van der Waals surface area contributed by atoms with Gasteiger partial charge in [-0.15, -0.1) is 11.3 Å². The zero-order valence-electron chi connectivity index (χ0n) is 14.0. The molecule has 0 spiro atoms. The summed E-state index contributed by atoms with van der Waals surface area (Å²) in [7, 11) is 3.40. The fourth-order valence-electron chi connectivity index (χ4n) is 2.06. The SMILES string of the molecule is CN(C)C(=O)Sc1ccc(NC(=O)/C=C/c2c(Cl)nc3sccn23)cc1. The van der Waals surface area contributed by atoms with Crippen molar-refractivity contribution in [1.82, 2.24) is 14.3 Å². The Kier molecular flexibility index (Phi) is 5.65. The van der Waals surface area contributed by atoms with Crippen LogP contribution in [0.2, 0.25) is 5.15 Å². The van der Waals surface area contributed by atoms with Gasteiger partial charge in [-0.1, -0.05) is 11.6 Å². The topological polar surface area (TPSA) is 66.7 Å². The summed E-state index contributed by atoms with van der Waals surface area (Å²) in [4.78, 5) is 31.1. The highest BCUT2D eigenvalue weighted by Gasteiger charge is 2.09. The number of hydrogen-bond donors (Lipinski definition) is 1. The van der Waals surface area contributed by atoms with E-state index in [0.29, 0.717) is 16.5 Å². The number of amides is 2. The predicted molar refractivity (Wildman–Crippen MR) is 107 cm³/mol. The van der Waals surface area contributed by atoms with Gasteiger partial charge in [0.1, 0.15) is 0 Å². The van der Waals surface area contributed by atoms with Gasteiger partial charge >= 0.3 is 0 Å². The standard InChI is InChI=1S/C17H15ClN4O2S2/c1-21(2)17(24)26-12-5-3-11(4-6-12)19-14(23)8-7-13-15(18)20-16-22(13)9-10-25-16/h3-10H,1-2H3,(H,19,23)/b8-7+. The van der Waals surface area contributed by atoms with Crippen LogP contribution in [0.25, 0.3) is 11.0 Å². The summed E-state index contributed by atoms with van der Waals surface area (Å²) in [6.07, 6.45) is 4.89. The quantitative estimate of drug-likeness (QED) is 0.512. The summed E-state index contributed by atoms with van der Waals surface area (Å²) in [5.41, 5.74) is 1.30. The van der Waals surface area contributed by atoms with Gasteiger partial charge in [-0.2, -0.15) is 0 Å². The largest absolute Gasteiger partial charge is 0.339 e. The number of hydrogen-bond acceptors (Lipinski definition) is 5. The Hall–Kier alpha value is -2.29. The van der Waals surface area contributed by atoms with Gasteiger partial charge in [0.25, 0.3) is 5.24 Å². The Bertz CT molecular complexity index is 976. The number of rotatable bonds is 4. The number of thioether (sulfide) groups is 1. The van der Waals surface area contributed by atoms with Gasteiger partial charge in [-0.05, 0) is 42.1 Å². The highest BCUT2D eigenvalue weighted by atomic mass is 35.5. The molecule has 0 fully saturated rings. The van der Waals surface area contributed by atoms with Crippen molar-refractivity contribution in [2.24, 2.45) is 0 Å². The van der Waals surface area contributed by atoms with Crippen molar-refractivity contribution in [1.29, 1.82) is 0 Å². The van der Waals surface area contributed by atoms with E-state index in [0.717, 1.165) is 21.6 Å². The van der Waals surface area contributed by atoms with E-state index in [1.54, 1.807) is 44.4 Å². The smallest absolute Gasteiger partial charge is 0.285 e. The van der Waals surface area contributed by atoms with Crippen LogP contribution < -0.4 is 5.32 Å². The number of halogens is 1. The number of carbonyl (C=O) groups excluding carboxylic acids is 2. The van der Waals surface area contributed by atoms with Gasteiger partial charge < -0.3 is 10.2 Å². The highest BCUT2D eigenvalue weighted by Crippen LogP contribution is 2.23. The molecular formula is C17H15ClN4O2S2. The van der Waals surface area contributed by atoms with Crippen molar-refractivity contribution in [2.45, 2.75) is 4.90 Å². The molecule has 2 heterocycles. The van der Waals surface area contributed by atoms with E-state index in [4.69, 9.17) is 11.6 Å². The lowest BCUT2D eigenvalue weighted by Gasteiger charge is -2.09. The van der Waals surface area contributed by atoms with Crippen LogP contribution in [-0.4, -0.2) is 39.5 Å². The van der Waals surface area contributed by atoms with E-state index in [2.05, 4.69) is 10.3 Å². The van der Waals surface area contributed by atoms with Crippen LogP contribution in [0.5, 0.6) is 0 Å². The number of nitrogens with one attached hydrogen (secondary N) is 1. The van der Waals surface area contributed by atoms with Gasteiger partial charge in [0.15, 0.2) is 10.1 Å². The Morgan fingerprint density at radius 1 is 1.31 bits per heavy atom. The molecule has 26 heavy (non-hydrogen) atoms. The molecule has 6 nitrogen and oxygen atoms in total. The first-order valence-electron chi connectivity index (χ1n) is 7.53. The molecule has 0 aliphatic heterocycles. The molecule has 1 N–H and O–H groups in total. The molecule has 0 aliphatic carbocycles. The van der Waals surface area contributed by atoms with Crippen LogP contribution in [-0.2, 0) is 4.79 Å². The minimum Gasteiger partial charge on any atom is -0.339 e. The third-order valence-corrected chi connectivity index (χ3v) is 5.42. The van der Waals surface area contributed by atoms with Gasteiger partial charge in [-0.25, -0.2) is 4.98 Å². The van der Waals surface area contributed by atoms with Crippen molar-refractivity contribution in [3.05, 3.63) is 52.8 Å². The molecule has 0 unspecified atom stereocenters.